The molecule has 2 rings (SSSR count). The van der Waals surface area contributed by atoms with Gasteiger partial charge in [-0.1, -0.05) is 6.07 Å². The fourth-order valence-corrected chi connectivity index (χ4v) is 2.62. The van der Waals surface area contributed by atoms with E-state index in [4.69, 9.17) is 0 Å². The van der Waals surface area contributed by atoms with Crippen LogP contribution in [0.4, 0.5) is 0 Å². The predicted octanol–water partition coefficient (Wildman–Crippen LogP) is 2.66. The SMILES string of the molecule is Cc1ccc(I)c2c1CC(=O)CC2. The highest BCUT2D eigenvalue weighted by Crippen LogP contribution is 2.26. The fraction of sp³-hybridized carbons (Fsp3) is 0.364. The van der Waals surface area contributed by atoms with Crippen molar-refractivity contribution < 1.29 is 4.79 Å². The highest BCUT2D eigenvalue weighted by atomic mass is 127. The van der Waals surface area contributed by atoms with Crippen LogP contribution in [0.3, 0.4) is 0 Å². The third-order valence-corrected chi connectivity index (χ3v) is 3.65. The largest absolute Gasteiger partial charge is 0.299 e. The Hall–Kier alpha value is -0.380. The number of ketones is 1. The lowest BCUT2D eigenvalue weighted by atomic mass is 9.88. The van der Waals surface area contributed by atoms with Gasteiger partial charge in [-0.25, -0.2) is 0 Å². The Bertz CT molecular complexity index is 369. The zero-order chi connectivity index (χ0) is 9.42. The average molecular weight is 286 g/mol. The van der Waals surface area contributed by atoms with Gasteiger partial charge in [-0.05, 0) is 58.7 Å². The van der Waals surface area contributed by atoms with E-state index in [1.807, 2.05) is 0 Å². The Morgan fingerprint density at radius 3 is 2.77 bits per heavy atom. The number of hydrogen-bond acceptors (Lipinski definition) is 1. The van der Waals surface area contributed by atoms with Gasteiger partial charge in [0.2, 0.25) is 0 Å². The molecule has 0 N–H and O–H groups in total. The van der Waals surface area contributed by atoms with Crippen molar-refractivity contribution in [2.45, 2.75) is 26.2 Å². The van der Waals surface area contributed by atoms with Gasteiger partial charge in [0.25, 0.3) is 0 Å². The van der Waals surface area contributed by atoms with Gasteiger partial charge in [0, 0.05) is 16.4 Å². The second-order valence-corrected chi connectivity index (χ2v) is 4.70. The summed E-state index contributed by atoms with van der Waals surface area (Å²) in [6, 6.07) is 4.25. The van der Waals surface area contributed by atoms with E-state index in [0.717, 1.165) is 12.8 Å². The molecular weight excluding hydrogens is 275 g/mol. The lowest BCUT2D eigenvalue weighted by Gasteiger charge is -2.18. The summed E-state index contributed by atoms with van der Waals surface area (Å²) in [4.78, 5) is 11.3. The molecule has 1 aromatic rings. The molecule has 0 unspecified atom stereocenters. The Morgan fingerprint density at radius 2 is 2.00 bits per heavy atom. The number of hydrogen-bond donors (Lipinski definition) is 0. The fourth-order valence-electron chi connectivity index (χ4n) is 1.85. The highest BCUT2D eigenvalue weighted by molar-refractivity contribution is 14.1. The van der Waals surface area contributed by atoms with Crippen molar-refractivity contribution in [3.63, 3.8) is 0 Å². The molecule has 0 amide bonds. The van der Waals surface area contributed by atoms with Crippen LogP contribution in [0.1, 0.15) is 23.1 Å². The van der Waals surface area contributed by atoms with Crippen LogP contribution in [-0.4, -0.2) is 5.78 Å². The monoisotopic (exact) mass is 286 g/mol. The smallest absolute Gasteiger partial charge is 0.137 e. The Balaban J connectivity index is 2.57. The van der Waals surface area contributed by atoms with Crippen LogP contribution < -0.4 is 0 Å². The minimum Gasteiger partial charge on any atom is -0.299 e. The highest BCUT2D eigenvalue weighted by Gasteiger charge is 2.18. The van der Waals surface area contributed by atoms with Crippen LogP contribution >= 0.6 is 22.6 Å². The molecule has 0 heterocycles. The standard InChI is InChI=1S/C11H11IO/c1-7-2-5-11(12)9-4-3-8(13)6-10(7)9/h2,5H,3-4,6H2,1H3. The molecule has 0 aliphatic heterocycles. The van der Waals surface area contributed by atoms with Crippen molar-refractivity contribution in [3.8, 4) is 0 Å². The van der Waals surface area contributed by atoms with Crippen LogP contribution in [0.2, 0.25) is 0 Å². The maximum absolute atomic E-state index is 11.3. The number of carbonyl (C=O) groups excluding carboxylic acids is 1. The van der Waals surface area contributed by atoms with Crippen molar-refractivity contribution in [1.82, 2.24) is 0 Å². The van der Waals surface area contributed by atoms with E-state index in [1.165, 1.54) is 20.3 Å². The van der Waals surface area contributed by atoms with Gasteiger partial charge in [-0.2, -0.15) is 0 Å². The van der Waals surface area contributed by atoms with Gasteiger partial charge in [-0.15, -0.1) is 0 Å². The van der Waals surface area contributed by atoms with Gasteiger partial charge >= 0.3 is 0 Å². The Kier molecular flexibility index (Phi) is 2.41. The van der Waals surface area contributed by atoms with Crippen LogP contribution in [-0.2, 0) is 17.6 Å². The second kappa shape index (κ2) is 3.40. The molecule has 0 atom stereocenters. The number of carbonyl (C=O) groups is 1. The molecule has 1 aliphatic carbocycles. The van der Waals surface area contributed by atoms with Gasteiger partial charge in [0.15, 0.2) is 0 Å². The van der Waals surface area contributed by atoms with E-state index < -0.39 is 0 Å². The first kappa shape index (κ1) is 9.19. The Labute approximate surface area is 91.7 Å². The van der Waals surface area contributed by atoms with Crippen molar-refractivity contribution >= 4 is 28.4 Å². The molecule has 13 heavy (non-hydrogen) atoms. The van der Waals surface area contributed by atoms with Crippen molar-refractivity contribution in [1.29, 1.82) is 0 Å². The van der Waals surface area contributed by atoms with Gasteiger partial charge in [0.05, 0.1) is 0 Å². The molecule has 0 saturated heterocycles. The first-order valence-electron chi connectivity index (χ1n) is 4.47. The molecule has 0 bridgehead atoms. The normalized spacial score (nSPS) is 15.7. The lowest BCUT2D eigenvalue weighted by Crippen LogP contribution is -2.15. The number of benzene rings is 1. The van der Waals surface area contributed by atoms with Crippen LogP contribution in [0.25, 0.3) is 0 Å². The van der Waals surface area contributed by atoms with Gasteiger partial charge < -0.3 is 0 Å². The zero-order valence-electron chi connectivity index (χ0n) is 7.56. The molecule has 1 aromatic carbocycles. The summed E-state index contributed by atoms with van der Waals surface area (Å²) < 4.78 is 1.31. The van der Waals surface area contributed by atoms with Crippen LogP contribution in [0.5, 0.6) is 0 Å². The average Bonchev–Trinajstić information content (AvgIpc) is 2.12. The second-order valence-electron chi connectivity index (χ2n) is 3.54. The van der Waals surface area contributed by atoms with E-state index in [2.05, 4.69) is 41.6 Å². The maximum atomic E-state index is 11.3. The molecule has 1 nitrogen and oxygen atoms in total. The van der Waals surface area contributed by atoms with E-state index >= 15 is 0 Å². The number of fused-ring (bicyclic) bond motifs is 1. The maximum Gasteiger partial charge on any atom is 0.137 e. The number of Topliss-reactive ketones (excluding diaryl/α,β-unsaturated/α-hetero) is 1. The van der Waals surface area contributed by atoms with E-state index in [-0.39, 0.29) is 0 Å². The van der Waals surface area contributed by atoms with Crippen molar-refractivity contribution in [2.24, 2.45) is 0 Å². The van der Waals surface area contributed by atoms with Gasteiger partial charge in [-0.3, -0.25) is 4.79 Å². The molecule has 0 spiro atoms. The van der Waals surface area contributed by atoms with Crippen molar-refractivity contribution in [2.75, 3.05) is 0 Å². The third-order valence-electron chi connectivity index (χ3n) is 2.64. The molecule has 68 valence electrons. The molecule has 0 saturated carbocycles. The summed E-state index contributed by atoms with van der Waals surface area (Å²) >= 11 is 2.36. The van der Waals surface area contributed by atoms with Gasteiger partial charge in [0.1, 0.15) is 5.78 Å². The van der Waals surface area contributed by atoms with Crippen LogP contribution in [0, 0.1) is 10.5 Å². The molecule has 0 radical (unpaired) electrons. The molecule has 0 fully saturated rings. The first-order chi connectivity index (χ1) is 6.18. The van der Waals surface area contributed by atoms with E-state index in [9.17, 15) is 4.79 Å². The Morgan fingerprint density at radius 1 is 1.23 bits per heavy atom. The minimum absolute atomic E-state index is 0.387. The quantitative estimate of drug-likeness (QED) is 0.670. The predicted molar refractivity (Wildman–Crippen MR) is 60.9 cm³/mol. The van der Waals surface area contributed by atoms with E-state index in [0.29, 0.717) is 12.2 Å². The molecular formula is C11H11IO. The number of halogens is 1. The van der Waals surface area contributed by atoms with Crippen molar-refractivity contribution in [3.05, 3.63) is 32.4 Å². The topological polar surface area (TPSA) is 17.1 Å². The minimum atomic E-state index is 0.387. The third kappa shape index (κ3) is 1.64. The number of aryl methyl sites for hydroxylation is 1. The van der Waals surface area contributed by atoms with Crippen LogP contribution in [0.15, 0.2) is 12.1 Å². The molecule has 2 heteroatoms. The summed E-state index contributed by atoms with van der Waals surface area (Å²) in [5.41, 5.74) is 3.95. The zero-order valence-corrected chi connectivity index (χ0v) is 9.72. The summed E-state index contributed by atoms with van der Waals surface area (Å²) in [6.07, 6.45) is 2.32. The number of rotatable bonds is 0. The summed E-state index contributed by atoms with van der Waals surface area (Å²) in [5.74, 6) is 0.387. The summed E-state index contributed by atoms with van der Waals surface area (Å²) in [6.45, 7) is 2.09. The molecule has 1 aliphatic rings. The van der Waals surface area contributed by atoms with E-state index in [1.54, 1.807) is 0 Å². The summed E-state index contributed by atoms with van der Waals surface area (Å²) in [5, 5.41) is 0. The first-order valence-corrected chi connectivity index (χ1v) is 5.55. The molecule has 0 aromatic heterocycles. The lowest BCUT2D eigenvalue weighted by molar-refractivity contribution is -0.118. The summed E-state index contributed by atoms with van der Waals surface area (Å²) in [7, 11) is 0.